The summed E-state index contributed by atoms with van der Waals surface area (Å²) in [5.74, 6) is -5.81. The predicted molar refractivity (Wildman–Crippen MR) is 65.7 cm³/mol. The largest absolute Gasteiger partial charge is 0.461 e. The molecule has 1 atom stereocenters. The van der Waals surface area contributed by atoms with Crippen LogP contribution in [0.1, 0.15) is 18.6 Å². The van der Waals surface area contributed by atoms with Gasteiger partial charge in [0.2, 0.25) is 0 Å². The Kier molecular flexibility index (Phi) is 5.07. The first-order valence-corrected chi connectivity index (χ1v) is 6.15. The molecular weight excluding hydrogens is 333 g/mol. The molecule has 0 aliphatic rings. The van der Waals surface area contributed by atoms with Gasteiger partial charge in [-0.05, 0) is 25.1 Å². The second-order valence-electron chi connectivity index (χ2n) is 3.41. The maximum atomic E-state index is 13.6. The summed E-state index contributed by atoms with van der Waals surface area (Å²) in [6.45, 7) is 1.20. The summed E-state index contributed by atoms with van der Waals surface area (Å²) in [5, 5.41) is 9.78. The van der Waals surface area contributed by atoms with E-state index in [0.717, 1.165) is 6.07 Å². The predicted octanol–water partition coefficient (Wildman–Crippen LogP) is 3.33. The van der Waals surface area contributed by atoms with Gasteiger partial charge in [-0.3, -0.25) is 0 Å². The number of rotatable bonds is 4. The Balaban J connectivity index is 3.08. The second kappa shape index (κ2) is 5.95. The van der Waals surface area contributed by atoms with Crippen LogP contribution in [-0.4, -0.2) is 23.6 Å². The molecular formula is C11H10BrClF2O3. The first-order valence-electron chi connectivity index (χ1n) is 4.98. The number of hydrogen-bond donors (Lipinski definition) is 1. The van der Waals surface area contributed by atoms with E-state index in [1.54, 1.807) is 0 Å². The van der Waals surface area contributed by atoms with E-state index in [9.17, 15) is 18.7 Å². The number of halogens is 4. The first kappa shape index (κ1) is 15.3. The van der Waals surface area contributed by atoms with Gasteiger partial charge in [-0.2, -0.15) is 8.78 Å². The maximum absolute atomic E-state index is 13.6. The molecule has 0 aliphatic carbocycles. The molecule has 0 aromatic heterocycles. The van der Waals surface area contributed by atoms with Gasteiger partial charge in [-0.25, -0.2) is 4.79 Å². The molecule has 0 saturated carbocycles. The molecule has 1 N–H and O–H groups in total. The minimum atomic E-state index is -4.04. The minimum absolute atomic E-state index is 0.173. The van der Waals surface area contributed by atoms with Crippen LogP contribution in [-0.2, 0) is 9.53 Å². The molecule has 0 amide bonds. The summed E-state index contributed by atoms with van der Waals surface area (Å²) in [6.07, 6.45) is -2.33. The van der Waals surface area contributed by atoms with Gasteiger partial charge in [-0.1, -0.05) is 27.5 Å². The lowest BCUT2D eigenvalue weighted by Crippen LogP contribution is -2.37. The van der Waals surface area contributed by atoms with Gasteiger partial charge in [0, 0.05) is 15.1 Å². The van der Waals surface area contributed by atoms with E-state index in [1.807, 2.05) is 0 Å². The summed E-state index contributed by atoms with van der Waals surface area (Å²) in [6, 6.07) is 4.02. The Morgan fingerprint density at radius 3 is 2.78 bits per heavy atom. The number of ether oxygens (including phenoxy) is 1. The Morgan fingerprint density at radius 1 is 1.61 bits per heavy atom. The van der Waals surface area contributed by atoms with E-state index in [1.165, 1.54) is 19.1 Å². The van der Waals surface area contributed by atoms with Gasteiger partial charge in [0.1, 0.15) is 0 Å². The molecule has 3 nitrogen and oxygen atoms in total. The van der Waals surface area contributed by atoms with Crippen LogP contribution in [0.3, 0.4) is 0 Å². The molecule has 1 unspecified atom stereocenters. The normalized spacial score (nSPS) is 13.2. The van der Waals surface area contributed by atoms with Crippen molar-refractivity contribution >= 4 is 33.5 Å². The highest BCUT2D eigenvalue weighted by Gasteiger charge is 2.49. The quantitative estimate of drug-likeness (QED) is 0.853. The lowest BCUT2D eigenvalue weighted by Gasteiger charge is -2.21. The monoisotopic (exact) mass is 342 g/mol. The Hall–Kier alpha value is -0.720. The third-order valence-corrected chi connectivity index (χ3v) is 3.10. The molecule has 0 saturated heterocycles. The number of esters is 1. The highest BCUT2D eigenvalue weighted by Crippen LogP contribution is 2.37. The third-order valence-electron chi connectivity index (χ3n) is 2.14. The number of hydrogen-bond acceptors (Lipinski definition) is 3. The fraction of sp³-hybridized carbons (Fsp3) is 0.364. The molecule has 0 spiro atoms. The zero-order valence-electron chi connectivity index (χ0n) is 9.29. The zero-order valence-corrected chi connectivity index (χ0v) is 11.6. The summed E-state index contributed by atoms with van der Waals surface area (Å²) in [7, 11) is 0. The fourth-order valence-corrected chi connectivity index (χ4v) is 1.90. The number of aliphatic hydroxyl groups is 1. The SMILES string of the molecule is CCOC(=O)C(F)(F)C(O)c1cc(Cl)ccc1Br. The molecule has 1 aromatic carbocycles. The summed E-state index contributed by atoms with van der Waals surface area (Å²) >= 11 is 8.67. The van der Waals surface area contributed by atoms with E-state index in [-0.39, 0.29) is 21.7 Å². The lowest BCUT2D eigenvalue weighted by molar-refractivity contribution is -0.189. The van der Waals surface area contributed by atoms with Crippen LogP contribution in [0.2, 0.25) is 5.02 Å². The topological polar surface area (TPSA) is 46.5 Å². The summed E-state index contributed by atoms with van der Waals surface area (Å²) in [4.78, 5) is 11.1. The van der Waals surface area contributed by atoms with Crippen molar-refractivity contribution in [1.29, 1.82) is 0 Å². The van der Waals surface area contributed by atoms with E-state index in [0.29, 0.717) is 0 Å². The highest BCUT2D eigenvalue weighted by molar-refractivity contribution is 9.10. The van der Waals surface area contributed by atoms with Crippen molar-refractivity contribution in [1.82, 2.24) is 0 Å². The van der Waals surface area contributed by atoms with Crippen molar-refractivity contribution in [3.63, 3.8) is 0 Å². The average molecular weight is 344 g/mol. The van der Waals surface area contributed by atoms with Crippen LogP contribution in [0.4, 0.5) is 8.78 Å². The summed E-state index contributed by atoms with van der Waals surface area (Å²) in [5.41, 5.74) is -0.180. The van der Waals surface area contributed by atoms with Gasteiger partial charge >= 0.3 is 11.9 Å². The number of alkyl halides is 2. The van der Waals surface area contributed by atoms with Crippen LogP contribution < -0.4 is 0 Å². The molecule has 1 rings (SSSR count). The average Bonchev–Trinajstić information content (AvgIpc) is 2.31. The van der Waals surface area contributed by atoms with Gasteiger partial charge in [-0.15, -0.1) is 0 Å². The van der Waals surface area contributed by atoms with Crippen molar-refractivity contribution in [2.24, 2.45) is 0 Å². The van der Waals surface area contributed by atoms with Gasteiger partial charge in [0.05, 0.1) is 6.61 Å². The number of carbonyl (C=O) groups is 1. The molecule has 0 bridgehead atoms. The molecule has 1 aromatic rings. The van der Waals surface area contributed by atoms with Gasteiger partial charge in [0.25, 0.3) is 0 Å². The van der Waals surface area contributed by atoms with Crippen molar-refractivity contribution < 1.29 is 23.4 Å². The highest BCUT2D eigenvalue weighted by atomic mass is 79.9. The van der Waals surface area contributed by atoms with Crippen molar-refractivity contribution in [2.45, 2.75) is 19.0 Å². The van der Waals surface area contributed by atoms with E-state index >= 15 is 0 Å². The molecule has 0 fully saturated rings. The smallest absolute Gasteiger partial charge is 0.380 e. The van der Waals surface area contributed by atoms with Crippen LogP contribution in [0, 0.1) is 0 Å². The van der Waals surface area contributed by atoms with Crippen molar-refractivity contribution in [3.05, 3.63) is 33.3 Å². The molecule has 18 heavy (non-hydrogen) atoms. The van der Waals surface area contributed by atoms with Gasteiger partial charge < -0.3 is 9.84 Å². The Bertz CT molecular complexity index is 454. The van der Waals surface area contributed by atoms with Crippen LogP contribution in [0.25, 0.3) is 0 Å². The third kappa shape index (κ3) is 3.18. The van der Waals surface area contributed by atoms with E-state index < -0.39 is 18.0 Å². The second-order valence-corrected chi connectivity index (χ2v) is 4.70. The van der Waals surface area contributed by atoms with Gasteiger partial charge in [0.15, 0.2) is 6.10 Å². The summed E-state index contributed by atoms with van der Waals surface area (Å²) < 4.78 is 31.7. The molecule has 0 heterocycles. The number of benzene rings is 1. The first-order chi connectivity index (χ1) is 8.30. The van der Waals surface area contributed by atoms with E-state index in [2.05, 4.69) is 20.7 Å². The Labute approximate surface area is 116 Å². The molecule has 0 radical (unpaired) electrons. The number of carbonyl (C=O) groups excluding carboxylic acids is 1. The minimum Gasteiger partial charge on any atom is -0.461 e. The lowest BCUT2D eigenvalue weighted by atomic mass is 10.0. The number of aliphatic hydroxyl groups excluding tert-OH is 1. The van der Waals surface area contributed by atoms with Crippen LogP contribution >= 0.6 is 27.5 Å². The fourth-order valence-electron chi connectivity index (χ4n) is 1.26. The van der Waals surface area contributed by atoms with Crippen molar-refractivity contribution in [3.8, 4) is 0 Å². The van der Waals surface area contributed by atoms with E-state index in [4.69, 9.17) is 11.6 Å². The van der Waals surface area contributed by atoms with Crippen LogP contribution in [0.5, 0.6) is 0 Å². The zero-order chi connectivity index (χ0) is 13.9. The molecule has 0 aliphatic heterocycles. The molecule has 100 valence electrons. The maximum Gasteiger partial charge on any atom is 0.380 e. The Morgan fingerprint density at radius 2 is 2.22 bits per heavy atom. The molecule has 7 heteroatoms. The van der Waals surface area contributed by atoms with Crippen LogP contribution in [0.15, 0.2) is 22.7 Å². The van der Waals surface area contributed by atoms with Crippen molar-refractivity contribution in [2.75, 3.05) is 6.61 Å². The standard InChI is InChI=1S/C11H10BrClF2O3/c1-2-18-10(17)11(14,15)9(16)7-5-6(13)3-4-8(7)12/h3-5,9,16H,2H2,1H3.